The Hall–Kier alpha value is -0.0800. The number of rotatable bonds is 7. The fraction of sp³-hybridized carbons (Fsp3) is 1.00. The molecule has 0 saturated heterocycles. The van der Waals surface area contributed by atoms with Gasteiger partial charge in [0.2, 0.25) is 0 Å². The van der Waals surface area contributed by atoms with Gasteiger partial charge in [0.15, 0.2) is 0 Å². The van der Waals surface area contributed by atoms with Crippen LogP contribution in [0.1, 0.15) is 91.9 Å². The summed E-state index contributed by atoms with van der Waals surface area (Å²) in [6.45, 7) is 12.1. The minimum Gasteiger partial charge on any atom is -0.297 e. The van der Waals surface area contributed by atoms with Crippen LogP contribution in [0.3, 0.4) is 0 Å². The predicted octanol–water partition coefficient (Wildman–Crippen LogP) is 5.07. The van der Waals surface area contributed by atoms with E-state index in [0.717, 1.165) is 12.1 Å². The molecule has 2 rings (SSSR count). The molecule has 0 aromatic rings. The van der Waals surface area contributed by atoms with E-state index >= 15 is 0 Å². The Labute approximate surface area is 139 Å². The normalized spacial score (nSPS) is 22.4. The minimum absolute atomic E-state index is 0.698. The van der Waals surface area contributed by atoms with Crippen molar-refractivity contribution in [3.63, 3.8) is 0 Å². The van der Waals surface area contributed by atoms with Crippen molar-refractivity contribution in [3.05, 3.63) is 0 Å². The third-order valence-corrected chi connectivity index (χ3v) is 6.03. The Morgan fingerprint density at radius 3 is 1.18 bits per heavy atom. The maximum absolute atomic E-state index is 2.82. The summed E-state index contributed by atoms with van der Waals surface area (Å²) in [4.78, 5) is 5.63. The Kier molecular flexibility index (Phi) is 7.70. The molecule has 130 valence electrons. The van der Waals surface area contributed by atoms with Gasteiger partial charge >= 0.3 is 0 Å². The molecule has 2 heteroatoms. The standard InChI is InChI=1S/C20H40N2/c1-17(2)21(19-11-7-5-8-12-19)15-16-22(18(3)4)20-13-9-6-10-14-20/h17-20H,5-16H2,1-4H3. The molecular formula is C20H40N2. The zero-order valence-corrected chi connectivity index (χ0v) is 15.7. The molecule has 0 heterocycles. The van der Waals surface area contributed by atoms with Crippen molar-refractivity contribution < 1.29 is 0 Å². The molecule has 0 amide bonds. The highest BCUT2D eigenvalue weighted by atomic mass is 15.2. The lowest BCUT2D eigenvalue weighted by atomic mass is 9.92. The van der Waals surface area contributed by atoms with Gasteiger partial charge in [0.25, 0.3) is 0 Å². The van der Waals surface area contributed by atoms with Gasteiger partial charge in [-0.15, -0.1) is 0 Å². The smallest absolute Gasteiger partial charge is 0.0115 e. The Morgan fingerprint density at radius 2 is 0.909 bits per heavy atom. The first-order chi connectivity index (χ1) is 10.6. The van der Waals surface area contributed by atoms with E-state index in [-0.39, 0.29) is 0 Å². The molecule has 0 unspecified atom stereocenters. The molecule has 0 aromatic heterocycles. The summed E-state index contributed by atoms with van der Waals surface area (Å²) in [6, 6.07) is 3.11. The lowest BCUT2D eigenvalue weighted by Crippen LogP contribution is -2.49. The van der Waals surface area contributed by atoms with Gasteiger partial charge in [-0.05, 0) is 53.4 Å². The average molecular weight is 309 g/mol. The first kappa shape index (κ1) is 18.3. The van der Waals surface area contributed by atoms with E-state index in [1.165, 1.54) is 77.3 Å². The largest absolute Gasteiger partial charge is 0.297 e. The summed E-state index contributed by atoms with van der Waals surface area (Å²) in [6.07, 6.45) is 14.5. The van der Waals surface area contributed by atoms with E-state index in [1.807, 2.05) is 0 Å². The van der Waals surface area contributed by atoms with Crippen molar-refractivity contribution in [1.82, 2.24) is 9.80 Å². The van der Waals surface area contributed by atoms with E-state index in [9.17, 15) is 0 Å². The minimum atomic E-state index is 0.698. The predicted molar refractivity (Wildman–Crippen MR) is 97.4 cm³/mol. The quantitative estimate of drug-likeness (QED) is 0.647. The van der Waals surface area contributed by atoms with Crippen LogP contribution in [-0.4, -0.2) is 47.1 Å². The lowest BCUT2D eigenvalue weighted by molar-refractivity contribution is 0.0669. The third kappa shape index (κ3) is 5.23. The molecule has 22 heavy (non-hydrogen) atoms. The molecule has 0 N–H and O–H groups in total. The third-order valence-electron chi connectivity index (χ3n) is 6.03. The van der Waals surface area contributed by atoms with E-state index in [2.05, 4.69) is 37.5 Å². The molecule has 0 radical (unpaired) electrons. The molecule has 2 nitrogen and oxygen atoms in total. The van der Waals surface area contributed by atoms with Crippen LogP contribution in [0.25, 0.3) is 0 Å². The molecule has 2 aliphatic rings. The van der Waals surface area contributed by atoms with Gasteiger partial charge in [-0.1, -0.05) is 38.5 Å². The Balaban J connectivity index is 1.90. The molecule has 0 atom stereocenters. The van der Waals surface area contributed by atoms with Crippen LogP contribution in [0.15, 0.2) is 0 Å². The maximum Gasteiger partial charge on any atom is 0.0115 e. The highest BCUT2D eigenvalue weighted by Gasteiger charge is 2.27. The van der Waals surface area contributed by atoms with E-state index in [1.54, 1.807) is 0 Å². The van der Waals surface area contributed by atoms with Gasteiger partial charge in [0.05, 0.1) is 0 Å². The molecule has 2 saturated carbocycles. The molecule has 0 aliphatic heterocycles. The summed E-state index contributed by atoms with van der Waals surface area (Å²) < 4.78 is 0. The van der Waals surface area contributed by atoms with Crippen molar-refractivity contribution >= 4 is 0 Å². The van der Waals surface area contributed by atoms with Gasteiger partial charge in [0, 0.05) is 37.3 Å². The van der Waals surface area contributed by atoms with Crippen LogP contribution in [0.4, 0.5) is 0 Å². The molecule has 0 aromatic carbocycles. The molecule has 0 spiro atoms. The second-order valence-corrected chi connectivity index (χ2v) is 8.25. The maximum atomic E-state index is 2.82. The monoisotopic (exact) mass is 308 g/mol. The second-order valence-electron chi connectivity index (χ2n) is 8.25. The molecular weight excluding hydrogens is 268 g/mol. The number of hydrogen-bond donors (Lipinski definition) is 0. The van der Waals surface area contributed by atoms with Crippen LogP contribution in [0.5, 0.6) is 0 Å². The Bertz CT molecular complexity index is 258. The van der Waals surface area contributed by atoms with E-state index in [4.69, 9.17) is 0 Å². The average Bonchev–Trinajstić information content (AvgIpc) is 2.52. The summed E-state index contributed by atoms with van der Waals surface area (Å²) in [7, 11) is 0. The zero-order valence-electron chi connectivity index (χ0n) is 15.7. The zero-order chi connectivity index (χ0) is 15.9. The summed E-state index contributed by atoms with van der Waals surface area (Å²) in [5, 5.41) is 0. The highest BCUT2D eigenvalue weighted by Crippen LogP contribution is 2.26. The van der Waals surface area contributed by atoms with Crippen molar-refractivity contribution in [2.24, 2.45) is 0 Å². The summed E-state index contributed by atoms with van der Waals surface area (Å²) >= 11 is 0. The van der Waals surface area contributed by atoms with Crippen molar-refractivity contribution in [3.8, 4) is 0 Å². The number of nitrogens with zero attached hydrogens (tertiary/aromatic N) is 2. The second kappa shape index (κ2) is 9.27. The summed E-state index contributed by atoms with van der Waals surface area (Å²) in [5.74, 6) is 0. The fourth-order valence-electron chi connectivity index (χ4n) is 4.78. The Morgan fingerprint density at radius 1 is 0.591 bits per heavy atom. The highest BCUT2D eigenvalue weighted by molar-refractivity contribution is 4.82. The van der Waals surface area contributed by atoms with Gasteiger partial charge < -0.3 is 0 Å². The first-order valence-corrected chi connectivity index (χ1v) is 10.1. The van der Waals surface area contributed by atoms with Crippen LogP contribution < -0.4 is 0 Å². The first-order valence-electron chi connectivity index (χ1n) is 10.1. The van der Waals surface area contributed by atoms with E-state index < -0.39 is 0 Å². The van der Waals surface area contributed by atoms with Gasteiger partial charge in [-0.2, -0.15) is 0 Å². The fourth-order valence-corrected chi connectivity index (χ4v) is 4.78. The molecule has 0 bridgehead atoms. The topological polar surface area (TPSA) is 6.48 Å². The SMILES string of the molecule is CC(C)N(CCN(C(C)C)C1CCCCC1)C1CCCCC1. The van der Waals surface area contributed by atoms with Crippen molar-refractivity contribution in [2.45, 2.75) is 116 Å². The van der Waals surface area contributed by atoms with Gasteiger partial charge in [-0.3, -0.25) is 9.80 Å². The lowest BCUT2D eigenvalue weighted by Gasteiger charge is -2.42. The summed E-state index contributed by atoms with van der Waals surface area (Å²) in [5.41, 5.74) is 0. The van der Waals surface area contributed by atoms with Crippen molar-refractivity contribution in [2.75, 3.05) is 13.1 Å². The number of hydrogen-bond acceptors (Lipinski definition) is 2. The van der Waals surface area contributed by atoms with E-state index in [0.29, 0.717) is 12.1 Å². The van der Waals surface area contributed by atoms with Crippen LogP contribution >= 0.6 is 0 Å². The van der Waals surface area contributed by atoms with Crippen LogP contribution in [0.2, 0.25) is 0 Å². The molecule has 2 fully saturated rings. The van der Waals surface area contributed by atoms with Crippen LogP contribution in [0, 0.1) is 0 Å². The van der Waals surface area contributed by atoms with Gasteiger partial charge in [0.1, 0.15) is 0 Å². The van der Waals surface area contributed by atoms with Gasteiger partial charge in [-0.25, -0.2) is 0 Å². The van der Waals surface area contributed by atoms with Crippen molar-refractivity contribution in [1.29, 1.82) is 0 Å². The van der Waals surface area contributed by atoms with Crippen LogP contribution in [-0.2, 0) is 0 Å². The molecule has 2 aliphatic carbocycles.